The first-order valence-corrected chi connectivity index (χ1v) is 8.40. The third kappa shape index (κ3) is 1.78. The number of likely N-dealkylation sites (N-methyl/N-ethyl adjacent to an activating group) is 1. The summed E-state index contributed by atoms with van der Waals surface area (Å²) in [5.74, 6) is 0.945. The van der Waals surface area contributed by atoms with Crippen LogP contribution in [0.4, 0.5) is 11.4 Å². The van der Waals surface area contributed by atoms with Crippen molar-refractivity contribution < 1.29 is 4.74 Å². The highest BCUT2D eigenvalue weighted by molar-refractivity contribution is 5.74. The fraction of sp³-hybridized carbons (Fsp3) is 0.333. The number of rotatable bonds is 1. The number of nitrogens with zero attached hydrogens (tertiary/aromatic N) is 2. The van der Waals surface area contributed by atoms with E-state index in [1.165, 1.54) is 16.9 Å². The van der Waals surface area contributed by atoms with Crippen molar-refractivity contribution in [1.29, 1.82) is 0 Å². The monoisotopic (exact) mass is 320 g/mol. The molecule has 2 aliphatic rings. The van der Waals surface area contributed by atoms with Gasteiger partial charge in [0.15, 0.2) is 0 Å². The fourth-order valence-corrected chi connectivity index (χ4v) is 4.02. The lowest BCUT2D eigenvalue weighted by molar-refractivity contribution is 0.0582. The topological polar surface area (TPSA) is 15.7 Å². The van der Waals surface area contributed by atoms with Crippen LogP contribution in [0.25, 0.3) is 6.08 Å². The Morgan fingerprint density at radius 3 is 2.54 bits per heavy atom. The summed E-state index contributed by atoms with van der Waals surface area (Å²) in [6.45, 7) is 4.54. The smallest absolute Gasteiger partial charge is 0.211 e. The number of hydrogen-bond acceptors (Lipinski definition) is 3. The molecule has 0 amide bonds. The van der Waals surface area contributed by atoms with Crippen LogP contribution >= 0.6 is 0 Å². The minimum atomic E-state index is -0.505. The average Bonchev–Trinajstić information content (AvgIpc) is 2.73. The van der Waals surface area contributed by atoms with Gasteiger partial charge in [0.1, 0.15) is 5.75 Å². The van der Waals surface area contributed by atoms with Crippen LogP contribution < -0.4 is 14.5 Å². The molecule has 0 radical (unpaired) electrons. The summed E-state index contributed by atoms with van der Waals surface area (Å²) in [5, 5.41) is 0. The summed E-state index contributed by atoms with van der Waals surface area (Å²) in [5.41, 5.74) is 4.22. The van der Waals surface area contributed by atoms with Gasteiger partial charge in [-0.15, -0.1) is 0 Å². The summed E-state index contributed by atoms with van der Waals surface area (Å²) >= 11 is 0. The van der Waals surface area contributed by atoms with Crippen LogP contribution in [-0.4, -0.2) is 26.9 Å². The molecule has 0 aromatic heterocycles. The molecular weight excluding hydrogens is 296 g/mol. The van der Waals surface area contributed by atoms with Crippen molar-refractivity contribution in [3.8, 4) is 5.75 Å². The van der Waals surface area contributed by atoms with Crippen molar-refractivity contribution in [3.05, 3.63) is 59.7 Å². The van der Waals surface area contributed by atoms with Crippen LogP contribution in [0.2, 0.25) is 0 Å². The Hall–Kier alpha value is -2.42. The largest absolute Gasteiger partial charge is 0.463 e. The predicted molar refractivity (Wildman–Crippen MR) is 101 cm³/mol. The Morgan fingerprint density at radius 2 is 1.79 bits per heavy atom. The van der Waals surface area contributed by atoms with E-state index in [4.69, 9.17) is 4.74 Å². The maximum atomic E-state index is 6.62. The Bertz CT molecular complexity index is 837. The van der Waals surface area contributed by atoms with Crippen molar-refractivity contribution in [2.75, 3.05) is 30.9 Å². The van der Waals surface area contributed by atoms with Gasteiger partial charge in [0, 0.05) is 38.1 Å². The van der Waals surface area contributed by atoms with E-state index in [9.17, 15) is 0 Å². The molecule has 0 fully saturated rings. The SMILES string of the molecule is CN(C)c1ccc2c(c1)C(C)(C)C1(C=Cc3ccccc3O1)N2C. The van der Waals surface area contributed by atoms with Gasteiger partial charge in [-0.2, -0.15) is 0 Å². The molecule has 0 saturated carbocycles. The molecule has 2 heterocycles. The summed E-state index contributed by atoms with van der Waals surface area (Å²) < 4.78 is 6.62. The zero-order valence-corrected chi connectivity index (χ0v) is 15.0. The average molecular weight is 320 g/mol. The normalized spacial score (nSPS) is 23.0. The van der Waals surface area contributed by atoms with E-state index >= 15 is 0 Å². The number of fused-ring (bicyclic) bond motifs is 2. The van der Waals surface area contributed by atoms with Gasteiger partial charge in [-0.25, -0.2) is 0 Å². The first kappa shape index (κ1) is 15.1. The molecule has 2 aromatic rings. The second kappa shape index (κ2) is 4.79. The molecular formula is C21H24N2O. The highest BCUT2D eigenvalue weighted by Gasteiger charge is 2.57. The minimum absolute atomic E-state index is 0.173. The van der Waals surface area contributed by atoms with Gasteiger partial charge in [-0.1, -0.05) is 18.2 Å². The lowest BCUT2D eigenvalue weighted by Gasteiger charge is -2.45. The molecule has 24 heavy (non-hydrogen) atoms. The highest BCUT2D eigenvalue weighted by Crippen LogP contribution is 2.54. The minimum Gasteiger partial charge on any atom is -0.463 e. The van der Waals surface area contributed by atoms with Gasteiger partial charge >= 0.3 is 0 Å². The molecule has 124 valence electrons. The standard InChI is InChI=1S/C21H24N2O/c1-20(2)17-14-16(22(3)4)10-11-18(17)23(5)21(20)13-12-15-8-6-7-9-19(15)24-21/h6-14H,1-5H3. The zero-order valence-electron chi connectivity index (χ0n) is 15.0. The van der Waals surface area contributed by atoms with E-state index in [-0.39, 0.29) is 5.41 Å². The summed E-state index contributed by atoms with van der Waals surface area (Å²) in [4.78, 5) is 4.42. The Labute approximate surface area is 144 Å². The van der Waals surface area contributed by atoms with Gasteiger partial charge < -0.3 is 14.5 Å². The molecule has 1 atom stereocenters. The highest BCUT2D eigenvalue weighted by atomic mass is 16.5. The first-order valence-electron chi connectivity index (χ1n) is 8.40. The van der Waals surface area contributed by atoms with Gasteiger partial charge in [0.05, 0.1) is 5.41 Å². The lowest BCUT2D eigenvalue weighted by atomic mass is 9.76. The van der Waals surface area contributed by atoms with Crippen LogP contribution in [-0.2, 0) is 5.41 Å². The molecule has 3 nitrogen and oxygen atoms in total. The maximum Gasteiger partial charge on any atom is 0.211 e. The van der Waals surface area contributed by atoms with Gasteiger partial charge in [0.2, 0.25) is 5.72 Å². The van der Waals surface area contributed by atoms with Crippen LogP contribution in [0.1, 0.15) is 25.0 Å². The summed E-state index contributed by atoms with van der Waals surface area (Å²) in [6, 6.07) is 14.9. The zero-order chi connectivity index (χ0) is 17.1. The molecule has 2 aromatic carbocycles. The van der Waals surface area contributed by atoms with Crippen LogP contribution in [0.15, 0.2) is 48.5 Å². The molecule has 2 aliphatic heterocycles. The number of hydrogen-bond donors (Lipinski definition) is 0. The van der Waals surface area contributed by atoms with Gasteiger partial charge in [-0.05, 0) is 55.8 Å². The fourth-order valence-electron chi connectivity index (χ4n) is 4.02. The number of anilines is 2. The summed E-state index contributed by atoms with van der Waals surface area (Å²) in [7, 11) is 6.29. The Morgan fingerprint density at radius 1 is 1.04 bits per heavy atom. The third-order valence-corrected chi connectivity index (χ3v) is 5.60. The first-order chi connectivity index (χ1) is 11.4. The van der Waals surface area contributed by atoms with Crippen LogP contribution in [0.5, 0.6) is 5.75 Å². The molecule has 0 aliphatic carbocycles. The van der Waals surface area contributed by atoms with E-state index in [0.29, 0.717) is 0 Å². The molecule has 1 unspecified atom stereocenters. The van der Waals surface area contributed by atoms with Crippen molar-refractivity contribution in [1.82, 2.24) is 0 Å². The molecule has 0 saturated heterocycles. The van der Waals surface area contributed by atoms with E-state index in [1.54, 1.807) is 0 Å². The van der Waals surface area contributed by atoms with Crippen LogP contribution in [0.3, 0.4) is 0 Å². The second-order valence-electron chi connectivity index (χ2n) is 7.45. The molecule has 4 rings (SSSR count). The van der Waals surface area contributed by atoms with E-state index in [0.717, 1.165) is 11.3 Å². The Balaban J connectivity index is 1.88. The number of benzene rings is 2. The van der Waals surface area contributed by atoms with Crippen molar-refractivity contribution in [2.24, 2.45) is 0 Å². The number of para-hydroxylation sites is 1. The molecule has 0 N–H and O–H groups in total. The van der Waals surface area contributed by atoms with Crippen molar-refractivity contribution in [2.45, 2.75) is 25.0 Å². The van der Waals surface area contributed by atoms with Gasteiger partial charge in [-0.3, -0.25) is 0 Å². The lowest BCUT2D eigenvalue weighted by Crippen LogP contribution is -2.58. The van der Waals surface area contributed by atoms with E-state index in [2.05, 4.69) is 87.3 Å². The van der Waals surface area contributed by atoms with E-state index in [1.807, 2.05) is 12.1 Å². The predicted octanol–water partition coefficient (Wildman–Crippen LogP) is 4.28. The van der Waals surface area contributed by atoms with Crippen molar-refractivity contribution >= 4 is 17.5 Å². The number of ether oxygens (including phenoxy) is 1. The maximum absolute atomic E-state index is 6.62. The molecule has 3 heteroatoms. The molecule has 1 spiro atoms. The second-order valence-corrected chi connectivity index (χ2v) is 7.45. The third-order valence-electron chi connectivity index (χ3n) is 5.60. The quantitative estimate of drug-likeness (QED) is 0.780. The van der Waals surface area contributed by atoms with E-state index < -0.39 is 5.72 Å². The Kier molecular flexibility index (Phi) is 3.02. The summed E-state index contributed by atoms with van der Waals surface area (Å²) in [6.07, 6.45) is 4.40. The van der Waals surface area contributed by atoms with Crippen molar-refractivity contribution in [3.63, 3.8) is 0 Å². The van der Waals surface area contributed by atoms with Gasteiger partial charge in [0.25, 0.3) is 0 Å². The molecule has 0 bridgehead atoms. The van der Waals surface area contributed by atoms with Crippen LogP contribution in [0, 0.1) is 0 Å².